The molecule has 1 spiro atoms. The number of hydrogen-bond acceptors (Lipinski definition) is 6. The standard InChI is InChI=1S/C26H30N2O6/c1-15-8-4-3-5-12-20(16(2)24(31)18-10-7-13-27-18)33-26-23-17(9-6-11-19(23)29)25(32)28(26)22(30)14-21(15)34-26/h6-7,9-11,13,15-16,20-21,27,29H,3-5,8,12,14H2,1-2H3. The van der Waals surface area contributed by atoms with E-state index in [0.717, 1.165) is 30.6 Å². The lowest BCUT2D eigenvalue weighted by molar-refractivity contribution is -0.356. The lowest BCUT2D eigenvalue weighted by Crippen LogP contribution is -2.60. The molecule has 34 heavy (non-hydrogen) atoms. The van der Waals surface area contributed by atoms with Crippen LogP contribution in [0.15, 0.2) is 36.5 Å². The molecule has 2 saturated heterocycles. The average molecular weight is 467 g/mol. The van der Waals surface area contributed by atoms with Crippen LogP contribution in [0.1, 0.15) is 78.8 Å². The van der Waals surface area contributed by atoms with Crippen LogP contribution in [0, 0.1) is 11.8 Å². The number of imide groups is 1. The first-order valence-electron chi connectivity index (χ1n) is 12.1. The number of phenolic OH excluding ortho intramolecular Hbond substituents is 1. The van der Waals surface area contributed by atoms with E-state index < -0.39 is 35.9 Å². The Balaban J connectivity index is 1.63. The maximum absolute atomic E-state index is 13.4. The third kappa shape index (κ3) is 3.56. The van der Waals surface area contributed by atoms with Crippen molar-refractivity contribution in [1.82, 2.24) is 9.88 Å². The zero-order valence-corrected chi connectivity index (χ0v) is 19.5. The fourth-order valence-electron chi connectivity index (χ4n) is 5.46. The number of benzene rings is 1. The van der Waals surface area contributed by atoms with Gasteiger partial charge in [-0.2, -0.15) is 0 Å². The molecule has 4 heterocycles. The van der Waals surface area contributed by atoms with E-state index in [1.807, 2.05) is 6.92 Å². The van der Waals surface area contributed by atoms with E-state index >= 15 is 0 Å². The lowest BCUT2D eigenvalue weighted by atomic mass is 9.92. The fraction of sp³-hybridized carbons (Fsp3) is 0.500. The van der Waals surface area contributed by atoms with Gasteiger partial charge in [-0.05, 0) is 43.0 Å². The molecule has 3 aliphatic heterocycles. The van der Waals surface area contributed by atoms with E-state index in [1.54, 1.807) is 37.4 Å². The van der Waals surface area contributed by atoms with Gasteiger partial charge >= 0.3 is 0 Å². The minimum atomic E-state index is -1.90. The molecule has 5 atom stereocenters. The molecule has 180 valence electrons. The van der Waals surface area contributed by atoms with Gasteiger partial charge in [-0.1, -0.05) is 39.2 Å². The number of fused-ring (bicyclic) bond motifs is 2. The Morgan fingerprint density at radius 2 is 1.94 bits per heavy atom. The van der Waals surface area contributed by atoms with Crippen LogP contribution in [0.4, 0.5) is 0 Å². The first-order valence-corrected chi connectivity index (χ1v) is 12.1. The van der Waals surface area contributed by atoms with Gasteiger partial charge in [-0.3, -0.25) is 14.4 Å². The number of ketones is 1. The van der Waals surface area contributed by atoms with Crippen molar-refractivity contribution in [3.05, 3.63) is 53.3 Å². The summed E-state index contributed by atoms with van der Waals surface area (Å²) in [4.78, 5) is 43.9. The van der Waals surface area contributed by atoms with Gasteiger partial charge in [-0.25, -0.2) is 4.90 Å². The Morgan fingerprint density at radius 1 is 1.15 bits per heavy atom. The SMILES string of the molecule is CC1CCCCCC(C(C)C(=O)c2ccc[nH]2)OC23OC1CC(=O)N2C(=O)c1cccc(O)c13. The number of hydrogen-bond donors (Lipinski definition) is 2. The number of aromatic nitrogens is 1. The summed E-state index contributed by atoms with van der Waals surface area (Å²) in [5.74, 6) is -3.66. The van der Waals surface area contributed by atoms with Crippen molar-refractivity contribution >= 4 is 17.6 Å². The summed E-state index contributed by atoms with van der Waals surface area (Å²) < 4.78 is 13.1. The Hall–Kier alpha value is -2.97. The number of Topliss-reactive ketones (excluding diaryl/α,β-unsaturated/α-hetero) is 1. The number of ether oxygens (including phenoxy) is 2. The molecule has 2 amide bonds. The monoisotopic (exact) mass is 466 g/mol. The Morgan fingerprint density at radius 3 is 2.71 bits per heavy atom. The second-order valence-electron chi connectivity index (χ2n) is 9.68. The second kappa shape index (κ2) is 8.67. The molecule has 2 bridgehead atoms. The molecular weight excluding hydrogens is 436 g/mol. The molecule has 8 heteroatoms. The number of carbonyl (C=O) groups excluding carboxylic acids is 3. The third-order valence-electron chi connectivity index (χ3n) is 7.45. The van der Waals surface area contributed by atoms with Crippen molar-refractivity contribution in [3.63, 3.8) is 0 Å². The topological polar surface area (TPSA) is 109 Å². The first-order chi connectivity index (χ1) is 16.3. The molecule has 5 rings (SSSR count). The molecule has 1 aromatic carbocycles. The van der Waals surface area contributed by atoms with Crippen molar-refractivity contribution in [2.24, 2.45) is 11.8 Å². The van der Waals surface area contributed by atoms with Gasteiger partial charge in [0.05, 0.1) is 35.4 Å². The molecule has 8 nitrogen and oxygen atoms in total. The van der Waals surface area contributed by atoms with E-state index in [2.05, 4.69) is 4.98 Å². The highest BCUT2D eigenvalue weighted by Gasteiger charge is 2.62. The summed E-state index contributed by atoms with van der Waals surface area (Å²) in [6, 6.07) is 8.06. The largest absolute Gasteiger partial charge is 0.507 e. The molecule has 0 saturated carbocycles. The highest BCUT2D eigenvalue weighted by atomic mass is 16.7. The number of nitrogens with zero attached hydrogens (tertiary/aromatic N) is 1. The molecule has 2 aromatic rings. The van der Waals surface area contributed by atoms with Gasteiger partial charge in [-0.15, -0.1) is 0 Å². The highest BCUT2D eigenvalue weighted by Crippen LogP contribution is 2.51. The number of carbonyl (C=O) groups is 3. The number of amides is 2. The Labute approximate surface area is 198 Å². The summed E-state index contributed by atoms with van der Waals surface area (Å²) in [6.45, 7) is 3.83. The van der Waals surface area contributed by atoms with Crippen LogP contribution in [-0.4, -0.2) is 44.8 Å². The van der Waals surface area contributed by atoms with Gasteiger partial charge in [0, 0.05) is 12.1 Å². The van der Waals surface area contributed by atoms with Gasteiger partial charge in [0.15, 0.2) is 5.78 Å². The third-order valence-corrected chi connectivity index (χ3v) is 7.45. The summed E-state index contributed by atoms with van der Waals surface area (Å²) >= 11 is 0. The van der Waals surface area contributed by atoms with Crippen molar-refractivity contribution in [2.75, 3.05) is 0 Å². The van der Waals surface area contributed by atoms with Crippen molar-refractivity contribution in [2.45, 2.75) is 70.5 Å². The first kappa shape index (κ1) is 22.8. The predicted molar refractivity (Wildman–Crippen MR) is 122 cm³/mol. The van der Waals surface area contributed by atoms with Gasteiger partial charge in [0.2, 0.25) is 5.91 Å². The number of H-pyrrole nitrogens is 1. The summed E-state index contributed by atoms with van der Waals surface area (Å²) in [5.41, 5.74) is 0.797. The molecule has 2 N–H and O–H groups in total. The quantitative estimate of drug-likeness (QED) is 0.521. The second-order valence-corrected chi connectivity index (χ2v) is 9.68. The van der Waals surface area contributed by atoms with Gasteiger partial charge in [0.25, 0.3) is 11.8 Å². The number of rotatable bonds is 3. The molecule has 0 radical (unpaired) electrons. The fourth-order valence-corrected chi connectivity index (χ4v) is 5.46. The normalized spacial score (nSPS) is 30.3. The summed E-state index contributed by atoms with van der Waals surface area (Å²) in [5, 5.41) is 10.9. The maximum atomic E-state index is 13.4. The van der Waals surface area contributed by atoms with Crippen LogP contribution >= 0.6 is 0 Å². The predicted octanol–water partition coefficient (Wildman–Crippen LogP) is 4.11. The van der Waals surface area contributed by atoms with E-state index in [1.165, 1.54) is 6.07 Å². The van der Waals surface area contributed by atoms with Crippen LogP contribution in [-0.2, 0) is 20.2 Å². The molecule has 3 aliphatic rings. The zero-order chi connectivity index (χ0) is 24.0. The lowest BCUT2D eigenvalue weighted by Gasteiger charge is -2.46. The zero-order valence-electron chi connectivity index (χ0n) is 19.5. The number of phenols is 1. The Kier molecular flexibility index (Phi) is 5.81. The van der Waals surface area contributed by atoms with Crippen LogP contribution in [0.25, 0.3) is 0 Å². The van der Waals surface area contributed by atoms with Gasteiger partial charge in [0.1, 0.15) is 5.75 Å². The van der Waals surface area contributed by atoms with E-state index in [9.17, 15) is 19.5 Å². The van der Waals surface area contributed by atoms with Crippen LogP contribution in [0.2, 0.25) is 0 Å². The Bertz CT molecular complexity index is 1110. The minimum absolute atomic E-state index is 0.0612. The average Bonchev–Trinajstić information content (AvgIpc) is 3.43. The smallest absolute Gasteiger partial charge is 0.294 e. The number of aromatic amines is 1. The minimum Gasteiger partial charge on any atom is -0.507 e. The summed E-state index contributed by atoms with van der Waals surface area (Å²) in [6.07, 6.45) is 4.83. The van der Waals surface area contributed by atoms with Crippen LogP contribution < -0.4 is 0 Å². The highest BCUT2D eigenvalue weighted by molar-refractivity contribution is 6.10. The molecule has 5 unspecified atom stereocenters. The van der Waals surface area contributed by atoms with Crippen molar-refractivity contribution in [1.29, 1.82) is 0 Å². The number of aromatic hydroxyl groups is 1. The maximum Gasteiger partial charge on any atom is 0.294 e. The number of nitrogens with one attached hydrogen (secondary N) is 1. The summed E-state index contributed by atoms with van der Waals surface area (Å²) in [7, 11) is 0. The van der Waals surface area contributed by atoms with E-state index in [-0.39, 0.29) is 35.0 Å². The molecule has 0 aliphatic carbocycles. The van der Waals surface area contributed by atoms with E-state index in [4.69, 9.17) is 9.47 Å². The van der Waals surface area contributed by atoms with Crippen LogP contribution in [0.3, 0.4) is 0 Å². The molecule has 1 aromatic heterocycles. The van der Waals surface area contributed by atoms with Crippen LogP contribution in [0.5, 0.6) is 5.75 Å². The molecular formula is C26H30N2O6. The van der Waals surface area contributed by atoms with Crippen molar-refractivity contribution in [3.8, 4) is 5.75 Å². The van der Waals surface area contributed by atoms with Gasteiger partial charge < -0.3 is 19.6 Å². The molecule has 2 fully saturated rings. The van der Waals surface area contributed by atoms with E-state index in [0.29, 0.717) is 12.1 Å². The van der Waals surface area contributed by atoms with Crippen molar-refractivity contribution < 1.29 is 29.0 Å².